The number of aromatic nitrogens is 2. The Bertz CT molecular complexity index is 632. The maximum Gasteiger partial charge on any atom is 0.229 e. The van der Waals surface area contributed by atoms with Crippen molar-refractivity contribution in [2.24, 2.45) is 0 Å². The molecule has 0 bridgehead atoms. The summed E-state index contributed by atoms with van der Waals surface area (Å²) in [5, 5.41) is 3.10. The quantitative estimate of drug-likeness (QED) is 0.915. The molecular formula is C16H21FN4O. The normalized spacial score (nSPS) is 10.7. The van der Waals surface area contributed by atoms with E-state index >= 15 is 0 Å². The molecule has 1 aromatic carbocycles. The number of hydrogen-bond donors (Lipinski definition) is 1. The molecule has 2 aromatic rings. The standard InChI is InChI=1S/C16H21FN4O/c1-10(2)13-9-15(21(3)4)20-16(19-13)18-11-6-7-12(17)14(8-11)22-5/h6-10H,1-5H3,(H,18,19,20). The van der Waals surface area contributed by atoms with Crippen LogP contribution in [0.2, 0.25) is 0 Å². The molecule has 0 amide bonds. The van der Waals surface area contributed by atoms with Crippen molar-refractivity contribution >= 4 is 17.5 Å². The van der Waals surface area contributed by atoms with Crippen molar-refractivity contribution in [2.75, 3.05) is 31.4 Å². The summed E-state index contributed by atoms with van der Waals surface area (Å²) in [5.74, 6) is 1.35. The van der Waals surface area contributed by atoms with Crippen LogP contribution in [0.25, 0.3) is 0 Å². The molecule has 6 heteroatoms. The maximum absolute atomic E-state index is 13.5. The summed E-state index contributed by atoms with van der Waals surface area (Å²) in [7, 11) is 5.29. The molecule has 0 unspecified atom stereocenters. The number of halogens is 1. The van der Waals surface area contributed by atoms with Crippen LogP contribution in [0.5, 0.6) is 5.75 Å². The number of hydrogen-bond acceptors (Lipinski definition) is 5. The number of methoxy groups -OCH3 is 1. The molecule has 0 spiro atoms. The summed E-state index contributed by atoms with van der Waals surface area (Å²) < 4.78 is 18.4. The van der Waals surface area contributed by atoms with Crippen molar-refractivity contribution in [2.45, 2.75) is 19.8 Å². The Morgan fingerprint density at radius 2 is 1.91 bits per heavy atom. The van der Waals surface area contributed by atoms with Crippen molar-refractivity contribution in [3.63, 3.8) is 0 Å². The summed E-state index contributed by atoms with van der Waals surface area (Å²) in [4.78, 5) is 10.9. The third-order valence-corrected chi connectivity index (χ3v) is 3.19. The van der Waals surface area contributed by atoms with Crippen molar-refractivity contribution in [1.29, 1.82) is 0 Å². The van der Waals surface area contributed by atoms with Crippen LogP contribution in [0.4, 0.5) is 21.8 Å². The van der Waals surface area contributed by atoms with Crippen LogP contribution in [-0.2, 0) is 0 Å². The van der Waals surface area contributed by atoms with Gasteiger partial charge in [0.15, 0.2) is 11.6 Å². The smallest absolute Gasteiger partial charge is 0.229 e. The highest BCUT2D eigenvalue weighted by atomic mass is 19.1. The second-order valence-corrected chi connectivity index (χ2v) is 5.50. The molecule has 22 heavy (non-hydrogen) atoms. The van der Waals surface area contributed by atoms with E-state index in [2.05, 4.69) is 29.1 Å². The van der Waals surface area contributed by atoms with Crippen LogP contribution in [0.15, 0.2) is 24.3 Å². The van der Waals surface area contributed by atoms with Gasteiger partial charge in [-0.25, -0.2) is 9.37 Å². The van der Waals surface area contributed by atoms with Crippen LogP contribution in [0.3, 0.4) is 0 Å². The van der Waals surface area contributed by atoms with Crippen LogP contribution in [0, 0.1) is 5.82 Å². The lowest BCUT2D eigenvalue weighted by Crippen LogP contribution is -2.13. The van der Waals surface area contributed by atoms with Crippen LogP contribution in [0.1, 0.15) is 25.5 Å². The van der Waals surface area contributed by atoms with Crippen molar-refractivity contribution in [3.05, 3.63) is 35.8 Å². The molecule has 0 radical (unpaired) electrons. The van der Waals surface area contributed by atoms with Gasteiger partial charge < -0.3 is 15.0 Å². The van der Waals surface area contributed by atoms with E-state index in [1.165, 1.54) is 13.2 Å². The van der Waals surface area contributed by atoms with Crippen LogP contribution in [-0.4, -0.2) is 31.2 Å². The minimum absolute atomic E-state index is 0.179. The van der Waals surface area contributed by atoms with Crippen molar-refractivity contribution in [3.8, 4) is 5.75 Å². The number of nitrogens with one attached hydrogen (secondary N) is 1. The summed E-state index contributed by atoms with van der Waals surface area (Å²) in [6.07, 6.45) is 0. The Kier molecular flexibility index (Phi) is 4.80. The van der Waals surface area contributed by atoms with Gasteiger partial charge in [0.25, 0.3) is 0 Å². The van der Waals surface area contributed by atoms with Gasteiger partial charge in [0.05, 0.1) is 12.8 Å². The molecule has 118 valence electrons. The zero-order chi connectivity index (χ0) is 16.3. The van der Waals surface area contributed by atoms with E-state index in [9.17, 15) is 4.39 Å². The molecule has 1 heterocycles. The molecule has 0 saturated heterocycles. The molecule has 0 aliphatic rings. The molecule has 1 N–H and O–H groups in total. The van der Waals surface area contributed by atoms with E-state index in [-0.39, 0.29) is 11.7 Å². The zero-order valence-corrected chi connectivity index (χ0v) is 13.5. The Labute approximate surface area is 130 Å². The van der Waals surface area contributed by atoms with Gasteiger partial charge in [-0.05, 0) is 18.1 Å². The lowest BCUT2D eigenvalue weighted by atomic mass is 10.1. The van der Waals surface area contributed by atoms with E-state index in [4.69, 9.17) is 4.74 Å². The van der Waals surface area contributed by atoms with Gasteiger partial charge in [0, 0.05) is 31.9 Å². The van der Waals surface area contributed by atoms with Gasteiger partial charge in [0.1, 0.15) is 5.82 Å². The highest BCUT2D eigenvalue weighted by molar-refractivity contribution is 5.58. The number of anilines is 3. The minimum Gasteiger partial charge on any atom is -0.494 e. The summed E-state index contributed by atoms with van der Waals surface area (Å²) in [5.41, 5.74) is 1.61. The van der Waals surface area contributed by atoms with Gasteiger partial charge >= 0.3 is 0 Å². The molecule has 5 nitrogen and oxygen atoms in total. The Hall–Kier alpha value is -2.37. The van der Waals surface area contributed by atoms with Gasteiger partial charge in [0.2, 0.25) is 5.95 Å². The summed E-state index contributed by atoms with van der Waals surface area (Å²) in [6.45, 7) is 4.15. The summed E-state index contributed by atoms with van der Waals surface area (Å²) in [6, 6.07) is 6.51. The maximum atomic E-state index is 13.5. The lowest BCUT2D eigenvalue weighted by Gasteiger charge is -2.16. The van der Waals surface area contributed by atoms with Gasteiger partial charge in [-0.3, -0.25) is 0 Å². The number of rotatable bonds is 5. The molecule has 1 aromatic heterocycles. The second-order valence-electron chi connectivity index (χ2n) is 5.50. The monoisotopic (exact) mass is 304 g/mol. The second kappa shape index (κ2) is 6.60. The van der Waals surface area contributed by atoms with E-state index < -0.39 is 5.82 Å². The highest BCUT2D eigenvalue weighted by Gasteiger charge is 2.10. The molecular weight excluding hydrogens is 283 g/mol. The lowest BCUT2D eigenvalue weighted by molar-refractivity contribution is 0.387. The highest BCUT2D eigenvalue weighted by Crippen LogP contribution is 2.25. The van der Waals surface area contributed by atoms with Crippen molar-refractivity contribution in [1.82, 2.24) is 9.97 Å². The van der Waals surface area contributed by atoms with E-state index in [0.29, 0.717) is 11.6 Å². The average Bonchev–Trinajstić information content (AvgIpc) is 2.48. The number of benzene rings is 1. The fraction of sp³-hybridized carbons (Fsp3) is 0.375. The van der Waals surface area contributed by atoms with E-state index in [1.807, 2.05) is 25.1 Å². The molecule has 2 rings (SSSR count). The molecule has 0 saturated carbocycles. The predicted octanol–water partition coefficient (Wildman–Crippen LogP) is 3.56. The first-order valence-corrected chi connectivity index (χ1v) is 7.07. The molecule has 0 fully saturated rings. The minimum atomic E-state index is -0.404. The zero-order valence-electron chi connectivity index (χ0n) is 13.5. The van der Waals surface area contributed by atoms with Crippen molar-refractivity contribution < 1.29 is 9.13 Å². The van der Waals surface area contributed by atoms with E-state index in [0.717, 1.165) is 11.5 Å². The fourth-order valence-electron chi connectivity index (χ4n) is 1.90. The van der Waals surface area contributed by atoms with Gasteiger partial charge in [-0.15, -0.1) is 0 Å². The Morgan fingerprint density at radius 1 is 1.18 bits per heavy atom. The predicted molar refractivity (Wildman–Crippen MR) is 86.7 cm³/mol. The van der Waals surface area contributed by atoms with Gasteiger partial charge in [-0.2, -0.15) is 4.98 Å². The van der Waals surface area contributed by atoms with Crippen LogP contribution < -0.4 is 15.0 Å². The fourth-order valence-corrected chi connectivity index (χ4v) is 1.90. The number of ether oxygens (including phenoxy) is 1. The Morgan fingerprint density at radius 3 is 2.50 bits per heavy atom. The topological polar surface area (TPSA) is 50.3 Å². The number of nitrogens with zero attached hydrogens (tertiary/aromatic N) is 3. The molecule has 0 atom stereocenters. The molecule has 0 aliphatic heterocycles. The third-order valence-electron chi connectivity index (χ3n) is 3.19. The first kappa shape index (κ1) is 16.0. The first-order chi connectivity index (χ1) is 10.4. The average molecular weight is 304 g/mol. The largest absolute Gasteiger partial charge is 0.494 e. The van der Waals surface area contributed by atoms with Crippen LogP contribution >= 0.6 is 0 Å². The summed E-state index contributed by atoms with van der Waals surface area (Å²) >= 11 is 0. The van der Waals surface area contributed by atoms with E-state index in [1.54, 1.807) is 12.1 Å². The third kappa shape index (κ3) is 3.63. The molecule has 0 aliphatic carbocycles. The SMILES string of the molecule is COc1cc(Nc2nc(C(C)C)cc(N(C)C)n2)ccc1F. The Balaban J connectivity index is 2.36. The van der Waals surface area contributed by atoms with Gasteiger partial charge in [-0.1, -0.05) is 13.8 Å². The first-order valence-electron chi connectivity index (χ1n) is 7.07.